The van der Waals surface area contributed by atoms with Gasteiger partial charge in [0, 0.05) is 5.69 Å². The lowest BCUT2D eigenvalue weighted by Crippen LogP contribution is -1.90. The van der Waals surface area contributed by atoms with E-state index in [0.717, 1.165) is 10.2 Å². The van der Waals surface area contributed by atoms with Crippen LogP contribution in [0.2, 0.25) is 0 Å². The minimum Gasteiger partial charge on any atom is -0.438 e. The number of aromatic nitrogens is 2. The number of anilines is 1. The van der Waals surface area contributed by atoms with E-state index in [2.05, 4.69) is 9.97 Å². The number of hydrogen-bond donors (Lipinski definition) is 1. The summed E-state index contributed by atoms with van der Waals surface area (Å²) in [5, 5.41) is 2.89. The zero-order chi connectivity index (χ0) is 11.7. The molecule has 0 unspecified atom stereocenters. The number of rotatable bonds is 2. The van der Waals surface area contributed by atoms with Gasteiger partial charge >= 0.3 is 0 Å². The van der Waals surface area contributed by atoms with Gasteiger partial charge in [-0.3, -0.25) is 0 Å². The molecule has 0 atom stereocenters. The second kappa shape index (κ2) is 4.03. The zero-order valence-corrected chi connectivity index (χ0v) is 9.65. The van der Waals surface area contributed by atoms with Gasteiger partial charge in [0.25, 0.3) is 0 Å². The topological polar surface area (TPSA) is 61.0 Å². The van der Waals surface area contributed by atoms with Crippen LogP contribution in [0.25, 0.3) is 10.2 Å². The Kier molecular flexibility index (Phi) is 2.38. The van der Waals surface area contributed by atoms with Crippen molar-refractivity contribution in [2.24, 2.45) is 0 Å². The van der Waals surface area contributed by atoms with E-state index in [0.29, 0.717) is 17.3 Å². The summed E-state index contributed by atoms with van der Waals surface area (Å²) in [6.45, 7) is 0. The molecule has 17 heavy (non-hydrogen) atoms. The largest absolute Gasteiger partial charge is 0.438 e. The second-order valence-corrected chi connectivity index (χ2v) is 4.38. The summed E-state index contributed by atoms with van der Waals surface area (Å²) >= 11 is 1.56. The van der Waals surface area contributed by atoms with Gasteiger partial charge in [-0.15, -0.1) is 11.3 Å². The summed E-state index contributed by atoms with van der Waals surface area (Å²) in [6.07, 6.45) is 1.51. The molecular formula is C12H9N3OS. The SMILES string of the molecule is Nc1ccc(Oc2ncnc3sccc23)cc1. The van der Waals surface area contributed by atoms with Crippen LogP contribution in [-0.2, 0) is 0 Å². The molecule has 3 aromatic rings. The Bertz CT molecular complexity index is 648. The first kappa shape index (κ1) is 10.0. The summed E-state index contributed by atoms with van der Waals surface area (Å²) in [4.78, 5) is 9.23. The van der Waals surface area contributed by atoms with Gasteiger partial charge in [0.05, 0.1) is 5.39 Å². The van der Waals surface area contributed by atoms with Gasteiger partial charge in [-0.25, -0.2) is 9.97 Å². The average Bonchev–Trinajstić information content (AvgIpc) is 2.81. The second-order valence-electron chi connectivity index (χ2n) is 3.49. The molecule has 2 aromatic heterocycles. The molecular weight excluding hydrogens is 234 g/mol. The van der Waals surface area contributed by atoms with Gasteiger partial charge in [-0.2, -0.15) is 0 Å². The summed E-state index contributed by atoms with van der Waals surface area (Å²) in [5.41, 5.74) is 6.32. The molecule has 0 saturated heterocycles. The number of ether oxygens (including phenoxy) is 1. The predicted molar refractivity (Wildman–Crippen MR) is 68.3 cm³/mol. The molecule has 2 N–H and O–H groups in total. The molecule has 0 aliphatic heterocycles. The van der Waals surface area contributed by atoms with E-state index in [1.54, 1.807) is 23.5 Å². The van der Waals surface area contributed by atoms with Crippen molar-refractivity contribution in [1.82, 2.24) is 9.97 Å². The van der Waals surface area contributed by atoms with Crippen molar-refractivity contribution in [3.05, 3.63) is 42.0 Å². The molecule has 0 aliphatic carbocycles. The third-order valence-electron chi connectivity index (χ3n) is 2.32. The first-order valence-electron chi connectivity index (χ1n) is 5.04. The van der Waals surface area contributed by atoms with Gasteiger partial charge < -0.3 is 10.5 Å². The van der Waals surface area contributed by atoms with Crippen LogP contribution < -0.4 is 10.5 Å². The number of nitrogen functional groups attached to an aromatic ring is 1. The van der Waals surface area contributed by atoms with Crippen LogP contribution in [0.15, 0.2) is 42.0 Å². The molecule has 84 valence electrons. The molecule has 0 saturated carbocycles. The number of benzene rings is 1. The van der Waals surface area contributed by atoms with Crippen LogP contribution in [0.3, 0.4) is 0 Å². The van der Waals surface area contributed by atoms with E-state index in [9.17, 15) is 0 Å². The van der Waals surface area contributed by atoms with Crippen molar-refractivity contribution in [3.8, 4) is 11.6 Å². The predicted octanol–water partition coefficient (Wildman–Crippen LogP) is 3.07. The van der Waals surface area contributed by atoms with Crippen molar-refractivity contribution in [2.45, 2.75) is 0 Å². The van der Waals surface area contributed by atoms with Crippen LogP contribution in [0.1, 0.15) is 0 Å². The number of fused-ring (bicyclic) bond motifs is 1. The Morgan fingerprint density at radius 3 is 2.71 bits per heavy atom. The highest BCUT2D eigenvalue weighted by Gasteiger charge is 2.06. The lowest BCUT2D eigenvalue weighted by Gasteiger charge is -2.05. The van der Waals surface area contributed by atoms with Crippen LogP contribution in [-0.4, -0.2) is 9.97 Å². The quantitative estimate of drug-likeness (QED) is 0.703. The number of nitrogens with two attached hydrogens (primary N) is 1. The minimum atomic E-state index is 0.570. The molecule has 0 aliphatic rings. The van der Waals surface area contributed by atoms with E-state index >= 15 is 0 Å². The standard InChI is InChI=1S/C12H9N3OS/c13-8-1-3-9(4-2-8)16-11-10-5-6-17-12(10)15-7-14-11/h1-7H,13H2. The van der Waals surface area contributed by atoms with Gasteiger partial charge in [0.2, 0.25) is 5.88 Å². The van der Waals surface area contributed by atoms with Gasteiger partial charge in [-0.05, 0) is 35.7 Å². The highest BCUT2D eigenvalue weighted by molar-refractivity contribution is 7.16. The van der Waals surface area contributed by atoms with Crippen molar-refractivity contribution in [3.63, 3.8) is 0 Å². The Morgan fingerprint density at radius 2 is 1.88 bits per heavy atom. The van der Waals surface area contributed by atoms with Crippen molar-refractivity contribution in [1.29, 1.82) is 0 Å². The maximum atomic E-state index is 5.70. The maximum absolute atomic E-state index is 5.70. The zero-order valence-electron chi connectivity index (χ0n) is 8.83. The monoisotopic (exact) mass is 243 g/mol. The number of thiophene rings is 1. The lowest BCUT2D eigenvalue weighted by atomic mass is 10.3. The maximum Gasteiger partial charge on any atom is 0.231 e. The smallest absolute Gasteiger partial charge is 0.231 e. The van der Waals surface area contributed by atoms with E-state index in [4.69, 9.17) is 10.5 Å². The normalized spacial score (nSPS) is 10.6. The summed E-state index contributed by atoms with van der Waals surface area (Å²) in [7, 11) is 0. The highest BCUT2D eigenvalue weighted by atomic mass is 32.1. The third kappa shape index (κ3) is 1.92. The molecule has 5 heteroatoms. The van der Waals surface area contributed by atoms with Gasteiger partial charge in [0.1, 0.15) is 16.9 Å². The number of nitrogens with zero attached hydrogens (tertiary/aromatic N) is 2. The van der Waals surface area contributed by atoms with Gasteiger partial charge in [-0.1, -0.05) is 0 Å². The van der Waals surface area contributed by atoms with E-state index in [1.807, 2.05) is 23.6 Å². The molecule has 4 nitrogen and oxygen atoms in total. The first-order chi connectivity index (χ1) is 8.33. The first-order valence-corrected chi connectivity index (χ1v) is 5.92. The molecule has 0 bridgehead atoms. The van der Waals surface area contributed by atoms with Crippen molar-refractivity contribution in [2.75, 3.05) is 5.73 Å². The summed E-state index contributed by atoms with van der Waals surface area (Å²) < 4.78 is 5.70. The molecule has 0 amide bonds. The van der Waals surface area contributed by atoms with Crippen LogP contribution in [0.5, 0.6) is 11.6 Å². The van der Waals surface area contributed by atoms with Crippen molar-refractivity contribution < 1.29 is 4.74 Å². The van der Waals surface area contributed by atoms with Crippen LogP contribution in [0, 0.1) is 0 Å². The number of hydrogen-bond acceptors (Lipinski definition) is 5. The van der Waals surface area contributed by atoms with E-state index < -0.39 is 0 Å². The molecule has 3 rings (SSSR count). The third-order valence-corrected chi connectivity index (χ3v) is 3.14. The van der Waals surface area contributed by atoms with Gasteiger partial charge in [0.15, 0.2) is 0 Å². The molecule has 0 radical (unpaired) electrons. The summed E-state index contributed by atoms with van der Waals surface area (Å²) in [6, 6.07) is 9.17. The highest BCUT2D eigenvalue weighted by Crippen LogP contribution is 2.29. The fraction of sp³-hybridized carbons (Fsp3) is 0. The Labute approximate surface area is 102 Å². The average molecular weight is 243 g/mol. The van der Waals surface area contributed by atoms with E-state index in [1.165, 1.54) is 6.33 Å². The van der Waals surface area contributed by atoms with Crippen LogP contribution >= 0.6 is 11.3 Å². The fourth-order valence-electron chi connectivity index (χ4n) is 1.50. The molecule has 0 fully saturated rings. The van der Waals surface area contributed by atoms with Crippen molar-refractivity contribution >= 4 is 27.2 Å². The molecule has 2 heterocycles. The Hall–Kier alpha value is -2.14. The molecule has 1 aromatic carbocycles. The fourth-order valence-corrected chi connectivity index (χ4v) is 2.22. The Balaban J connectivity index is 1.99. The Morgan fingerprint density at radius 1 is 1.06 bits per heavy atom. The van der Waals surface area contributed by atoms with Crippen LogP contribution in [0.4, 0.5) is 5.69 Å². The van der Waals surface area contributed by atoms with E-state index in [-0.39, 0.29) is 0 Å². The lowest BCUT2D eigenvalue weighted by molar-refractivity contribution is 0.468. The minimum absolute atomic E-state index is 0.570. The molecule has 0 spiro atoms. The summed E-state index contributed by atoms with van der Waals surface area (Å²) in [5.74, 6) is 1.28.